The number of hydrogen-bond donors (Lipinski definition) is 1. The van der Waals surface area contributed by atoms with Crippen LogP contribution >= 0.6 is 0 Å². The van der Waals surface area contributed by atoms with E-state index in [9.17, 15) is 4.79 Å². The Morgan fingerprint density at radius 2 is 2.05 bits per heavy atom. The number of rotatable bonds is 2. The lowest BCUT2D eigenvalue weighted by atomic mass is 10.1. The van der Waals surface area contributed by atoms with Gasteiger partial charge in [-0.3, -0.25) is 0 Å². The molecule has 0 bridgehead atoms. The van der Waals surface area contributed by atoms with Gasteiger partial charge in [0.1, 0.15) is 5.58 Å². The number of H-pyrrole nitrogens is 1. The van der Waals surface area contributed by atoms with Crippen molar-refractivity contribution in [1.82, 2.24) is 4.98 Å². The molecule has 94 valence electrons. The summed E-state index contributed by atoms with van der Waals surface area (Å²) in [6.45, 7) is 9.51. The monoisotopic (exact) mass is 251 g/mol. The van der Waals surface area contributed by atoms with Crippen LogP contribution in [0.2, 0.25) is 0 Å². The van der Waals surface area contributed by atoms with E-state index in [1.807, 2.05) is 19.1 Å². The highest BCUT2D eigenvalue weighted by Crippen LogP contribution is 2.32. The largest absolute Gasteiger partial charge is 0.422 e. The predicted octanol–water partition coefficient (Wildman–Crippen LogP) is 3.87. The fraction of sp³-hybridized carbons (Fsp3) is 0.0625. The molecule has 19 heavy (non-hydrogen) atoms. The average molecular weight is 251 g/mol. The zero-order chi connectivity index (χ0) is 13.6. The van der Waals surface area contributed by atoms with Gasteiger partial charge in [-0.25, -0.2) is 4.79 Å². The Hall–Kier alpha value is -2.55. The van der Waals surface area contributed by atoms with Crippen molar-refractivity contribution in [3.05, 3.63) is 58.6 Å². The number of aromatic nitrogens is 1. The van der Waals surface area contributed by atoms with E-state index < -0.39 is 0 Å². The lowest BCUT2D eigenvalue weighted by Gasteiger charge is -2.02. The van der Waals surface area contributed by atoms with Crippen molar-refractivity contribution >= 4 is 34.0 Å². The van der Waals surface area contributed by atoms with E-state index in [2.05, 4.69) is 18.1 Å². The molecule has 0 spiro atoms. The van der Waals surface area contributed by atoms with Crippen LogP contribution in [0.15, 0.2) is 40.6 Å². The van der Waals surface area contributed by atoms with E-state index in [-0.39, 0.29) is 5.63 Å². The number of fused-ring (bicyclic) bond motifs is 3. The summed E-state index contributed by atoms with van der Waals surface area (Å²) >= 11 is 0. The van der Waals surface area contributed by atoms with Crippen molar-refractivity contribution in [3.8, 4) is 0 Å². The van der Waals surface area contributed by atoms with Crippen molar-refractivity contribution < 1.29 is 4.42 Å². The van der Waals surface area contributed by atoms with Crippen molar-refractivity contribution in [2.45, 2.75) is 6.92 Å². The van der Waals surface area contributed by atoms with Crippen LogP contribution in [-0.2, 0) is 0 Å². The summed E-state index contributed by atoms with van der Waals surface area (Å²) in [4.78, 5) is 14.8. The van der Waals surface area contributed by atoms with Gasteiger partial charge in [-0.15, -0.1) is 0 Å². The minimum Gasteiger partial charge on any atom is -0.422 e. The molecule has 2 heterocycles. The third kappa shape index (κ3) is 1.55. The molecule has 3 rings (SSSR count). The molecule has 0 amide bonds. The van der Waals surface area contributed by atoms with E-state index in [1.165, 1.54) is 6.07 Å². The SMILES string of the molecule is C=Cc1[nH]c2ccc3c(C)cc(=O)oc3c2c1C=C. The number of benzene rings is 1. The summed E-state index contributed by atoms with van der Waals surface area (Å²) in [6.07, 6.45) is 3.48. The minimum absolute atomic E-state index is 0.339. The number of hydrogen-bond acceptors (Lipinski definition) is 2. The highest BCUT2D eigenvalue weighted by Gasteiger charge is 2.13. The Morgan fingerprint density at radius 1 is 1.26 bits per heavy atom. The predicted molar refractivity (Wildman–Crippen MR) is 79.3 cm³/mol. The molecule has 0 radical (unpaired) electrons. The van der Waals surface area contributed by atoms with Gasteiger partial charge in [-0.05, 0) is 30.7 Å². The van der Waals surface area contributed by atoms with Crippen LogP contribution in [0.3, 0.4) is 0 Å². The van der Waals surface area contributed by atoms with Gasteiger partial charge in [-0.1, -0.05) is 19.2 Å². The van der Waals surface area contributed by atoms with Gasteiger partial charge >= 0.3 is 5.63 Å². The second kappa shape index (κ2) is 3.99. The van der Waals surface area contributed by atoms with Crippen LogP contribution in [0, 0.1) is 6.92 Å². The van der Waals surface area contributed by atoms with E-state index in [1.54, 1.807) is 12.2 Å². The van der Waals surface area contributed by atoms with Gasteiger partial charge in [-0.2, -0.15) is 0 Å². The third-order valence-corrected chi connectivity index (χ3v) is 3.36. The lowest BCUT2D eigenvalue weighted by Crippen LogP contribution is -1.98. The maximum atomic E-state index is 11.6. The van der Waals surface area contributed by atoms with Crippen LogP contribution in [0.4, 0.5) is 0 Å². The molecule has 3 heteroatoms. The smallest absolute Gasteiger partial charge is 0.336 e. The van der Waals surface area contributed by atoms with Crippen molar-refractivity contribution in [1.29, 1.82) is 0 Å². The van der Waals surface area contributed by atoms with E-state index >= 15 is 0 Å². The van der Waals surface area contributed by atoms with Gasteiger partial charge in [0, 0.05) is 22.7 Å². The summed E-state index contributed by atoms with van der Waals surface area (Å²) in [5, 5.41) is 1.81. The molecule has 0 saturated heterocycles. The first-order valence-corrected chi connectivity index (χ1v) is 5.99. The lowest BCUT2D eigenvalue weighted by molar-refractivity contribution is 0.563. The Labute approximate surface area is 109 Å². The topological polar surface area (TPSA) is 46.0 Å². The average Bonchev–Trinajstić information content (AvgIpc) is 2.76. The van der Waals surface area contributed by atoms with Gasteiger partial charge in [0.15, 0.2) is 0 Å². The molecule has 0 fully saturated rings. The maximum Gasteiger partial charge on any atom is 0.336 e. The summed E-state index contributed by atoms with van der Waals surface area (Å²) in [5.41, 5.74) is 3.86. The molecular formula is C16H13NO2. The Kier molecular flexibility index (Phi) is 2.42. The first kappa shape index (κ1) is 11.5. The molecule has 2 aromatic heterocycles. The number of aryl methyl sites for hydroxylation is 1. The molecule has 0 aliphatic rings. The zero-order valence-corrected chi connectivity index (χ0v) is 10.6. The van der Waals surface area contributed by atoms with Crippen molar-refractivity contribution in [2.24, 2.45) is 0 Å². The molecule has 3 aromatic rings. The summed E-state index contributed by atoms with van der Waals surface area (Å²) < 4.78 is 5.40. The summed E-state index contributed by atoms with van der Waals surface area (Å²) in [7, 11) is 0. The Morgan fingerprint density at radius 3 is 2.74 bits per heavy atom. The fourth-order valence-corrected chi connectivity index (χ4v) is 2.48. The van der Waals surface area contributed by atoms with Crippen LogP contribution < -0.4 is 5.63 Å². The quantitative estimate of drug-likeness (QED) is 0.703. The molecule has 0 unspecified atom stereocenters. The number of nitrogens with one attached hydrogen (secondary N) is 1. The van der Waals surface area contributed by atoms with E-state index in [0.29, 0.717) is 5.58 Å². The van der Waals surface area contributed by atoms with E-state index in [0.717, 1.165) is 33.1 Å². The molecule has 1 N–H and O–H groups in total. The molecule has 0 aliphatic heterocycles. The highest BCUT2D eigenvalue weighted by atomic mass is 16.4. The Bertz CT molecular complexity index is 881. The molecule has 0 atom stereocenters. The standard InChI is InChI=1S/C16H13NO2/c1-4-10-12(5-2)17-13-7-6-11-9(3)8-14(18)19-16(11)15(10)13/h4-8,17H,1-2H2,3H3. The minimum atomic E-state index is -0.339. The van der Waals surface area contributed by atoms with E-state index in [4.69, 9.17) is 4.42 Å². The second-order valence-corrected chi connectivity index (χ2v) is 4.47. The van der Waals surface area contributed by atoms with Crippen LogP contribution in [0.25, 0.3) is 34.0 Å². The first-order chi connectivity index (χ1) is 9.15. The van der Waals surface area contributed by atoms with Crippen molar-refractivity contribution in [3.63, 3.8) is 0 Å². The summed E-state index contributed by atoms with van der Waals surface area (Å²) in [5.74, 6) is 0. The fourth-order valence-electron chi connectivity index (χ4n) is 2.48. The molecule has 0 saturated carbocycles. The third-order valence-electron chi connectivity index (χ3n) is 3.36. The second-order valence-electron chi connectivity index (χ2n) is 4.47. The van der Waals surface area contributed by atoms with Gasteiger partial charge in [0.25, 0.3) is 0 Å². The number of aromatic amines is 1. The normalized spacial score (nSPS) is 11.0. The van der Waals surface area contributed by atoms with Gasteiger partial charge in [0.05, 0.1) is 10.9 Å². The highest BCUT2D eigenvalue weighted by molar-refractivity contribution is 6.09. The van der Waals surface area contributed by atoms with Crippen LogP contribution in [0.1, 0.15) is 16.8 Å². The van der Waals surface area contributed by atoms with Gasteiger partial charge < -0.3 is 9.40 Å². The van der Waals surface area contributed by atoms with Crippen molar-refractivity contribution in [2.75, 3.05) is 0 Å². The molecule has 0 aliphatic carbocycles. The molecular weight excluding hydrogens is 238 g/mol. The van der Waals surface area contributed by atoms with Gasteiger partial charge in [0.2, 0.25) is 0 Å². The zero-order valence-electron chi connectivity index (χ0n) is 10.6. The maximum absolute atomic E-state index is 11.6. The molecule has 1 aromatic carbocycles. The summed E-state index contributed by atoms with van der Waals surface area (Å²) in [6, 6.07) is 5.43. The van der Waals surface area contributed by atoms with Crippen LogP contribution in [0.5, 0.6) is 0 Å². The van der Waals surface area contributed by atoms with Crippen LogP contribution in [-0.4, -0.2) is 4.98 Å². The Balaban J connectivity index is 2.65. The first-order valence-electron chi connectivity index (χ1n) is 5.99. The molecule has 3 nitrogen and oxygen atoms in total.